The summed E-state index contributed by atoms with van der Waals surface area (Å²) in [5.41, 5.74) is -5.81. The topological polar surface area (TPSA) is 48.7 Å². The molecule has 0 atom stereocenters. The van der Waals surface area contributed by atoms with E-state index in [4.69, 9.17) is 4.42 Å². The highest BCUT2D eigenvalue weighted by molar-refractivity contribution is 7.95. The molecule has 0 spiro atoms. The van der Waals surface area contributed by atoms with Crippen LogP contribution in [-0.4, -0.2) is 18.6 Å². The van der Waals surface area contributed by atoms with Crippen LogP contribution in [0, 0.1) is 0 Å². The molecule has 2 rings (SSSR count). The van der Waals surface area contributed by atoms with Crippen LogP contribution in [-0.2, 0) is 4.74 Å². The number of carbonyl (C=O) groups is 1. The Bertz CT molecular complexity index is 695. The Kier molecular flexibility index (Phi) is 4.50. The molecule has 120 valence electrons. The minimum atomic E-state index is -4.72. The Labute approximate surface area is 124 Å². The Hall–Kier alpha value is -1.97. The van der Waals surface area contributed by atoms with Gasteiger partial charge in [-0.2, -0.15) is 13.2 Å². The van der Waals surface area contributed by atoms with Gasteiger partial charge in [-0.1, -0.05) is 6.07 Å². The summed E-state index contributed by atoms with van der Waals surface area (Å²) in [5.74, 6) is -2.43. The van der Waals surface area contributed by atoms with Crippen LogP contribution in [0.15, 0.2) is 22.6 Å². The number of carbonyl (C=O) groups excluding carboxylic acids is 1. The normalized spacial score (nSPS) is 12.0. The molecule has 0 aliphatic heterocycles. The third-order valence-electron chi connectivity index (χ3n) is 2.53. The van der Waals surface area contributed by atoms with Crippen molar-refractivity contribution in [3.05, 3.63) is 29.5 Å². The zero-order valence-electron chi connectivity index (χ0n) is 10.7. The summed E-state index contributed by atoms with van der Waals surface area (Å²) in [6, 6.07) is 3.52. The summed E-state index contributed by atoms with van der Waals surface area (Å²) in [7, 11) is 0.960. The molecular weight excluding hydrogens is 335 g/mol. The van der Waals surface area contributed by atoms with Gasteiger partial charge in [0.15, 0.2) is 12.0 Å². The van der Waals surface area contributed by atoms with Crippen LogP contribution in [0.1, 0.15) is 22.5 Å². The molecule has 1 aromatic heterocycles. The van der Waals surface area contributed by atoms with Crippen molar-refractivity contribution in [2.24, 2.45) is 0 Å². The van der Waals surface area contributed by atoms with Gasteiger partial charge in [0, 0.05) is 0 Å². The van der Waals surface area contributed by atoms with Crippen LogP contribution in [0.25, 0.3) is 11.0 Å². The lowest BCUT2D eigenvalue weighted by Gasteiger charge is -2.08. The summed E-state index contributed by atoms with van der Waals surface area (Å²) in [4.78, 5) is 11.5. The van der Waals surface area contributed by atoms with Crippen LogP contribution in [0.4, 0.5) is 22.0 Å². The molecule has 0 saturated carbocycles. The average Bonchev–Trinajstić information content (AvgIpc) is 2.83. The highest BCUT2D eigenvalue weighted by Gasteiger charge is 2.34. The van der Waals surface area contributed by atoms with E-state index < -0.39 is 52.4 Å². The lowest BCUT2D eigenvalue weighted by Crippen LogP contribution is -2.04. The lowest BCUT2D eigenvalue weighted by molar-refractivity contribution is -0.0369. The minimum Gasteiger partial charge on any atom is -0.463 e. The second-order valence-electron chi connectivity index (χ2n) is 3.88. The van der Waals surface area contributed by atoms with Crippen LogP contribution < -0.4 is 4.18 Å². The molecule has 0 unspecified atom stereocenters. The molecule has 0 N–H and O–H groups in total. The molecule has 0 amide bonds. The second kappa shape index (κ2) is 6.03. The number of alkyl halides is 5. The first-order valence-electron chi connectivity index (χ1n) is 5.59. The number of fused-ring (bicyclic) bond motifs is 1. The summed E-state index contributed by atoms with van der Waals surface area (Å²) < 4.78 is 76.6. The smallest absolute Gasteiger partial charge is 0.463 e. The van der Waals surface area contributed by atoms with E-state index in [1.807, 2.05) is 0 Å². The number of halogens is 5. The number of benzene rings is 1. The average molecular weight is 342 g/mol. The highest BCUT2D eigenvalue weighted by Crippen LogP contribution is 2.42. The Morgan fingerprint density at radius 1 is 1.32 bits per heavy atom. The zero-order valence-corrected chi connectivity index (χ0v) is 11.6. The second-order valence-corrected chi connectivity index (χ2v) is 4.68. The van der Waals surface area contributed by atoms with Crippen molar-refractivity contribution in [1.82, 2.24) is 0 Å². The Morgan fingerprint density at radius 3 is 2.55 bits per heavy atom. The number of esters is 1. The fourth-order valence-corrected chi connectivity index (χ4v) is 2.08. The summed E-state index contributed by atoms with van der Waals surface area (Å²) in [6.07, 6.45) is -3.17. The fourth-order valence-electron chi connectivity index (χ4n) is 1.75. The first kappa shape index (κ1) is 16.4. The van der Waals surface area contributed by atoms with E-state index in [1.165, 1.54) is 12.1 Å². The number of furan rings is 1. The van der Waals surface area contributed by atoms with Crippen molar-refractivity contribution in [2.75, 3.05) is 7.11 Å². The lowest BCUT2D eigenvalue weighted by atomic mass is 10.1. The van der Waals surface area contributed by atoms with Crippen LogP contribution >= 0.6 is 12.0 Å². The molecule has 0 aliphatic rings. The molecule has 0 saturated heterocycles. The van der Waals surface area contributed by atoms with E-state index >= 15 is 0 Å². The van der Waals surface area contributed by atoms with Crippen molar-refractivity contribution in [1.29, 1.82) is 0 Å². The van der Waals surface area contributed by atoms with Crippen molar-refractivity contribution in [3.8, 4) is 5.75 Å². The van der Waals surface area contributed by atoms with E-state index in [0.717, 1.165) is 13.2 Å². The molecule has 1 heterocycles. The number of rotatable bonds is 4. The van der Waals surface area contributed by atoms with Crippen molar-refractivity contribution < 1.29 is 40.1 Å². The van der Waals surface area contributed by atoms with Crippen molar-refractivity contribution in [3.63, 3.8) is 0 Å². The first-order chi connectivity index (χ1) is 10.2. The fraction of sp³-hybridized carbons (Fsp3) is 0.250. The molecule has 4 nitrogen and oxygen atoms in total. The van der Waals surface area contributed by atoms with Gasteiger partial charge in [-0.05, 0) is 12.1 Å². The number of ether oxygens (including phenoxy) is 1. The van der Waals surface area contributed by atoms with Gasteiger partial charge in [0.1, 0.15) is 11.3 Å². The van der Waals surface area contributed by atoms with Gasteiger partial charge in [-0.3, -0.25) is 0 Å². The maximum atomic E-state index is 13.2. The predicted octanol–water partition coefficient (Wildman–Crippen LogP) is 4.70. The van der Waals surface area contributed by atoms with Gasteiger partial charge in [-0.15, -0.1) is 0 Å². The van der Waals surface area contributed by atoms with Gasteiger partial charge in [0.05, 0.1) is 18.1 Å². The molecule has 0 fully saturated rings. The molecule has 10 heteroatoms. The molecule has 1 aromatic carbocycles. The third kappa shape index (κ3) is 3.26. The predicted molar refractivity (Wildman–Crippen MR) is 66.8 cm³/mol. The van der Waals surface area contributed by atoms with E-state index in [1.54, 1.807) is 0 Å². The standard InChI is InChI=1S/C12H7F5O4S/c1-19-11(18)9-8(10(13)14)7-5(20-9)3-2-4-6(7)21-22-12(15,16)17/h2-4,10H,1H3. The quantitative estimate of drug-likeness (QED) is 0.458. The SMILES string of the molecule is COC(=O)c1oc2cccc(OSC(F)(F)F)c2c1C(F)F. The van der Waals surface area contributed by atoms with Gasteiger partial charge in [0.25, 0.3) is 6.43 Å². The maximum Gasteiger partial charge on any atom is 0.479 e. The number of hydrogen-bond acceptors (Lipinski definition) is 5. The Balaban J connectivity index is 2.59. The maximum absolute atomic E-state index is 13.2. The van der Waals surface area contributed by atoms with Crippen LogP contribution in [0.3, 0.4) is 0 Å². The summed E-state index contributed by atoms with van der Waals surface area (Å²) >= 11 is -0.857. The first-order valence-corrected chi connectivity index (χ1v) is 6.33. The van der Waals surface area contributed by atoms with Crippen LogP contribution in [0.2, 0.25) is 0 Å². The van der Waals surface area contributed by atoms with Gasteiger partial charge >= 0.3 is 11.5 Å². The Morgan fingerprint density at radius 2 is 2.00 bits per heavy atom. The van der Waals surface area contributed by atoms with Gasteiger partial charge in [0.2, 0.25) is 5.76 Å². The highest BCUT2D eigenvalue weighted by atomic mass is 32.2. The molecule has 22 heavy (non-hydrogen) atoms. The molecular formula is C12H7F5O4S. The third-order valence-corrected chi connectivity index (χ3v) is 2.98. The van der Waals surface area contributed by atoms with E-state index in [9.17, 15) is 26.7 Å². The largest absolute Gasteiger partial charge is 0.479 e. The van der Waals surface area contributed by atoms with Gasteiger partial charge in [-0.25, -0.2) is 13.6 Å². The van der Waals surface area contributed by atoms with Crippen molar-refractivity contribution >= 4 is 29.0 Å². The van der Waals surface area contributed by atoms with E-state index in [2.05, 4.69) is 8.92 Å². The molecule has 2 aromatic rings. The number of methoxy groups -OCH3 is 1. The molecule has 0 bridgehead atoms. The monoisotopic (exact) mass is 342 g/mol. The summed E-state index contributed by atoms with van der Waals surface area (Å²) in [5, 5.41) is -0.408. The van der Waals surface area contributed by atoms with Crippen molar-refractivity contribution in [2.45, 2.75) is 11.9 Å². The molecule has 0 radical (unpaired) electrons. The zero-order chi connectivity index (χ0) is 16.5. The minimum absolute atomic E-state index is 0.212. The molecule has 0 aliphatic carbocycles. The van der Waals surface area contributed by atoms with Gasteiger partial charge < -0.3 is 13.3 Å². The van der Waals surface area contributed by atoms with E-state index in [-0.39, 0.29) is 5.58 Å². The van der Waals surface area contributed by atoms with Crippen LogP contribution in [0.5, 0.6) is 5.75 Å². The number of hydrogen-bond donors (Lipinski definition) is 0. The van der Waals surface area contributed by atoms with E-state index in [0.29, 0.717) is 0 Å². The summed E-state index contributed by atoms with van der Waals surface area (Å²) in [6.45, 7) is 0.